The van der Waals surface area contributed by atoms with Crippen molar-refractivity contribution >= 4 is 24.3 Å². The van der Waals surface area contributed by atoms with Gasteiger partial charge in [-0.3, -0.25) is 4.79 Å². The number of nitrogens with two attached hydrogens (primary N) is 2. The van der Waals surface area contributed by atoms with Gasteiger partial charge in [-0.1, -0.05) is 19.8 Å². The Labute approximate surface area is 120 Å². The van der Waals surface area contributed by atoms with E-state index in [0.717, 1.165) is 25.7 Å². The second-order valence-electron chi connectivity index (χ2n) is 4.89. The molecule has 7 heteroatoms. The molecule has 0 aromatic heterocycles. The summed E-state index contributed by atoms with van der Waals surface area (Å²) in [5.41, 5.74) is 10.7. The molecule has 0 saturated heterocycles. The molecule has 112 valence electrons. The van der Waals surface area contributed by atoms with Crippen LogP contribution in [0.5, 0.6) is 0 Å². The van der Waals surface area contributed by atoms with Crippen molar-refractivity contribution in [3.8, 4) is 0 Å². The van der Waals surface area contributed by atoms with E-state index in [1.165, 1.54) is 0 Å². The SMILES string of the molecule is CCCCC(NC(N)=O)C(=O)NC(CN)C1CC1.Cl. The summed E-state index contributed by atoms with van der Waals surface area (Å²) in [6.45, 7) is 2.47. The van der Waals surface area contributed by atoms with Gasteiger partial charge in [0.15, 0.2) is 0 Å². The van der Waals surface area contributed by atoms with Crippen LogP contribution in [0.4, 0.5) is 4.79 Å². The van der Waals surface area contributed by atoms with Crippen molar-refractivity contribution in [2.45, 2.75) is 51.1 Å². The van der Waals surface area contributed by atoms with Gasteiger partial charge in [0.2, 0.25) is 5.91 Å². The van der Waals surface area contributed by atoms with E-state index in [-0.39, 0.29) is 24.4 Å². The zero-order valence-electron chi connectivity index (χ0n) is 11.4. The molecular weight excluding hydrogens is 268 g/mol. The van der Waals surface area contributed by atoms with Gasteiger partial charge in [0, 0.05) is 12.6 Å². The third kappa shape index (κ3) is 6.63. The number of rotatable bonds is 8. The van der Waals surface area contributed by atoms with Crippen LogP contribution in [0.25, 0.3) is 0 Å². The minimum atomic E-state index is -0.665. The molecule has 6 nitrogen and oxygen atoms in total. The first-order valence-corrected chi connectivity index (χ1v) is 6.64. The highest BCUT2D eigenvalue weighted by molar-refractivity contribution is 5.86. The normalized spacial score (nSPS) is 16.9. The molecule has 0 heterocycles. The van der Waals surface area contributed by atoms with E-state index in [2.05, 4.69) is 10.6 Å². The molecule has 1 aliphatic carbocycles. The van der Waals surface area contributed by atoms with Crippen molar-refractivity contribution < 1.29 is 9.59 Å². The summed E-state index contributed by atoms with van der Waals surface area (Å²) in [6.07, 6.45) is 4.67. The number of unbranched alkanes of at least 4 members (excludes halogenated alkanes) is 1. The molecule has 2 unspecified atom stereocenters. The van der Waals surface area contributed by atoms with Crippen LogP contribution in [0, 0.1) is 5.92 Å². The number of halogens is 1. The van der Waals surface area contributed by atoms with Gasteiger partial charge in [0.25, 0.3) is 0 Å². The number of carbonyl (C=O) groups excluding carboxylic acids is 2. The Hall–Kier alpha value is -1.01. The smallest absolute Gasteiger partial charge is 0.312 e. The third-order valence-electron chi connectivity index (χ3n) is 3.25. The van der Waals surface area contributed by atoms with Crippen molar-refractivity contribution in [3.05, 3.63) is 0 Å². The maximum Gasteiger partial charge on any atom is 0.312 e. The third-order valence-corrected chi connectivity index (χ3v) is 3.25. The van der Waals surface area contributed by atoms with Crippen molar-refractivity contribution in [2.24, 2.45) is 17.4 Å². The molecule has 2 atom stereocenters. The molecule has 0 bridgehead atoms. The number of hydrogen-bond acceptors (Lipinski definition) is 3. The Morgan fingerprint density at radius 1 is 1.32 bits per heavy atom. The first-order valence-electron chi connectivity index (χ1n) is 6.64. The molecule has 0 aliphatic heterocycles. The van der Waals surface area contributed by atoms with Gasteiger partial charge in [-0.05, 0) is 25.2 Å². The Kier molecular flexibility index (Phi) is 8.51. The second-order valence-corrected chi connectivity index (χ2v) is 4.89. The average Bonchev–Trinajstić information content (AvgIpc) is 3.14. The van der Waals surface area contributed by atoms with Gasteiger partial charge in [0.1, 0.15) is 6.04 Å². The number of urea groups is 1. The van der Waals surface area contributed by atoms with Crippen molar-refractivity contribution in [1.29, 1.82) is 0 Å². The maximum absolute atomic E-state index is 12.0. The molecular formula is C12H25ClN4O2. The van der Waals surface area contributed by atoms with Crippen LogP contribution in [0.1, 0.15) is 39.0 Å². The quantitative estimate of drug-likeness (QED) is 0.522. The summed E-state index contributed by atoms with van der Waals surface area (Å²) in [6, 6.07) is -1.19. The minimum Gasteiger partial charge on any atom is -0.352 e. The predicted octanol–water partition coefficient (Wildman–Crippen LogP) is 0.489. The van der Waals surface area contributed by atoms with Gasteiger partial charge in [-0.25, -0.2) is 4.79 Å². The summed E-state index contributed by atoms with van der Waals surface area (Å²) < 4.78 is 0. The van der Waals surface area contributed by atoms with Gasteiger partial charge >= 0.3 is 6.03 Å². The van der Waals surface area contributed by atoms with Crippen LogP contribution >= 0.6 is 12.4 Å². The van der Waals surface area contributed by atoms with Gasteiger partial charge in [0.05, 0.1) is 0 Å². The fourth-order valence-electron chi connectivity index (χ4n) is 2.00. The molecule has 1 aliphatic rings. The van der Waals surface area contributed by atoms with Crippen LogP contribution in [0.15, 0.2) is 0 Å². The van der Waals surface area contributed by atoms with Crippen LogP contribution in [-0.2, 0) is 4.79 Å². The standard InChI is InChI=1S/C12H24N4O2.ClH/c1-2-3-4-9(16-12(14)18)11(17)15-10(7-13)8-5-6-8;/h8-10H,2-7,13H2,1H3,(H,15,17)(H3,14,16,18);1H. The largest absolute Gasteiger partial charge is 0.352 e. The minimum absolute atomic E-state index is 0. The van der Waals surface area contributed by atoms with Crippen molar-refractivity contribution in [2.75, 3.05) is 6.54 Å². The zero-order valence-corrected chi connectivity index (χ0v) is 12.2. The highest BCUT2D eigenvalue weighted by atomic mass is 35.5. The molecule has 1 saturated carbocycles. The lowest BCUT2D eigenvalue weighted by molar-refractivity contribution is -0.123. The molecule has 1 rings (SSSR count). The van der Waals surface area contributed by atoms with E-state index in [4.69, 9.17) is 11.5 Å². The first kappa shape index (κ1) is 18.0. The lowest BCUT2D eigenvalue weighted by Crippen LogP contribution is -2.52. The van der Waals surface area contributed by atoms with Crippen molar-refractivity contribution in [3.63, 3.8) is 0 Å². The summed E-state index contributed by atoms with van der Waals surface area (Å²) in [7, 11) is 0. The Balaban J connectivity index is 0.00000324. The molecule has 3 amide bonds. The topological polar surface area (TPSA) is 110 Å². The highest BCUT2D eigenvalue weighted by Crippen LogP contribution is 2.32. The Morgan fingerprint density at radius 2 is 1.95 bits per heavy atom. The number of hydrogen-bond donors (Lipinski definition) is 4. The summed E-state index contributed by atoms with van der Waals surface area (Å²) >= 11 is 0. The maximum atomic E-state index is 12.0. The number of nitrogens with one attached hydrogen (secondary N) is 2. The molecule has 6 N–H and O–H groups in total. The zero-order chi connectivity index (χ0) is 13.5. The van der Waals surface area contributed by atoms with Crippen LogP contribution < -0.4 is 22.1 Å². The van der Waals surface area contributed by atoms with E-state index in [1.807, 2.05) is 6.92 Å². The summed E-state index contributed by atoms with van der Waals surface area (Å²) in [4.78, 5) is 22.9. The van der Waals surface area contributed by atoms with Gasteiger partial charge in [-0.15, -0.1) is 12.4 Å². The van der Waals surface area contributed by atoms with Gasteiger partial charge < -0.3 is 22.1 Å². The van der Waals surface area contributed by atoms with E-state index in [9.17, 15) is 9.59 Å². The molecule has 19 heavy (non-hydrogen) atoms. The summed E-state index contributed by atoms with van der Waals surface area (Å²) in [5.74, 6) is 0.323. The Morgan fingerprint density at radius 3 is 2.37 bits per heavy atom. The average molecular weight is 293 g/mol. The summed E-state index contributed by atoms with van der Waals surface area (Å²) in [5, 5.41) is 5.40. The number of carbonyl (C=O) groups is 2. The van der Waals surface area contributed by atoms with Gasteiger partial charge in [-0.2, -0.15) is 0 Å². The van der Waals surface area contributed by atoms with E-state index >= 15 is 0 Å². The second kappa shape index (κ2) is 8.98. The fourth-order valence-corrected chi connectivity index (χ4v) is 2.00. The molecule has 1 fully saturated rings. The number of amides is 3. The fraction of sp³-hybridized carbons (Fsp3) is 0.833. The highest BCUT2D eigenvalue weighted by Gasteiger charge is 2.32. The molecule has 0 spiro atoms. The number of primary amides is 1. The lowest BCUT2D eigenvalue weighted by atomic mass is 10.1. The van der Waals surface area contributed by atoms with Crippen LogP contribution in [0.3, 0.4) is 0 Å². The lowest BCUT2D eigenvalue weighted by Gasteiger charge is -2.21. The molecule has 0 radical (unpaired) electrons. The van der Waals surface area contributed by atoms with E-state index < -0.39 is 12.1 Å². The predicted molar refractivity (Wildman–Crippen MR) is 77.0 cm³/mol. The molecule has 0 aromatic rings. The monoisotopic (exact) mass is 292 g/mol. The Bertz CT molecular complexity index is 297. The van der Waals surface area contributed by atoms with Crippen molar-refractivity contribution in [1.82, 2.24) is 10.6 Å². The van der Waals surface area contributed by atoms with E-state index in [0.29, 0.717) is 18.9 Å². The van der Waals surface area contributed by atoms with E-state index in [1.54, 1.807) is 0 Å². The first-order chi connectivity index (χ1) is 8.58. The molecule has 0 aromatic carbocycles. The van der Waals surface area contributed by atoms with Crippen LogP contribution in [0.2, 0.25) is 0 Å². The van der Waals surface area contributed by atoms with Crippen LogP contribution in [-0.4, -0.2) is 30.6 Å².